The molecule has 0 aliphatic rings. The monoisotopic (exact) mass is 299 g/mol. The lowest BCUT2D eigenvalue weighted by Gasteiger charge is -2.09. The Morgan fingerprint density at radius 1 is 0.905 bits per heavy atom. The molecule has 1 aromatic heterocycles. The zero-order valence-electron chi connectivity index (χ0n) is 12.0. The van der Waals surface area contributed by atoms with E-state index in [0.29, 0.717) is 9.92 Å². The van der Waals surface area contributed by atoms with Crippen LogP contribution in [-0.4, -0.2) is 13.4 Å². The minimum atomic E-state index is -3.53. The van der Waals surface area contributed by atoms with Gasteiger partial charge in [-0.3, -0.25) is 0 Å². The largest absolute Gasteiger partial charge is 0.345 e. The lowest BCUT2D eigenvalue weighted by Crippen LogP contribution is -2.06. The van der Waals surface area contributed by atoms with E-state index in [9.17, 15) is 8.42 Å². The Bertz CT molecular complexity index is 878. The number of benzene rings is 2. The van der Waals surface area contributed by atoms with Crippen LogP contribution >= 0.6 is 0 Å². The Kier molecular flexibility index (Phi) is 3.33. The van der Waals surface area contributed by atoms with Crippen molar-refractivity contribution in [2.24, 2.45) is 0 Å². The first kappa shape index (κ1) is 13.9. The topological polar surface area (TPSA) is 49.9 Å². The van der Waals surface area contributed by atoms with Crippen LogP contribution in [0, 0.1) is 0 Å². The number of hydrogen-bond donors (Lipinski definition) is 1. The van der Waals surface area contributed by atoms with Crippen LogP contribution in [0.3, 0.4) is 0 Å². The van der Waals surface area contributed by atoms with Gasteiger partial charge < -0.3 is 4.98 Å². The SMILES string of the molecule is CC(C)c1c(S(=O)(=O)c2ccccc2)[nH]c2ccccc12. The van der Waals surface area contributed by atoms with Crippen LogP contribution in [0.4, 0.5) is 0 Å². The average molecular weight is 299 g/mol. The molecular formula is C17H17NO2S. The molecule has 3 rings (SSSR count). The fourth-order valence-corrected chi connectivity index (χ4v) is 4.27. The summed E-state index contributed by atoms with van der Waals surface area (Å²) in [5.41, 5.74) is 1.71. The highest BCUT2D eigenvalue weighted by Crippen LogP contribution is 2.34. The third kappa shape index (κ3) is 2.25. The van der Waals surface area contributed by atoms with E-state index in [-0.39, 0.29) is 5.92 Å². The molecule has 0 radical (unpaired) electrons. The van der Waals surface area contributed by atoms with Gasteiger partial charge in [0.15, 0.2) is 0 Å². The van der Waals surface area contributed by atoms with Crippen LogP contribution in [0.15, 0.2) is 64.5 Å². The maximum Gasteiger partial charge on any atom is 0.222 e. The molecule has 1 N–H and O–H groups in total. The Hall–Kier alpha value is -2.07. The fraction of sp³-hybridized carbons (Fsp3) is 0.176. The van der Waals surface area contributed by atoms with Crippen molar-refractivity contribution in [1.82, 2.24) is 4.98 Å². The zero-order valence-corrected chi connectivity index (χ0v) is 12.8. The molecule has 3 aromatic rings. The van der Waals surface area contributed by atoms with Gasteiger partial charge in [-0.15, -0.1) is 0 Å². The molecule has 0 aliphatic heterocycles. The van der Waals surface area contributed by atoms with Crippen molar-refractivity contribution >= 4 is 20.7 Å². The molecule has 108 valence electrons. The third-order valence-corrected chi connectivity index (χ3v) is 5.36. The van der Waals surface area contributed by atoms with Gasteiger partial charge in [0.2, 0.25) is 9.84 Å². The molecule has 0 aliphatic carbocycles. The van der Waals surface area contributed by atoms with Gasteiger partial charge in [0.05, 0.1) is 4.90 Å². The van der Waals surface area contributed by atoms with Crippen LogP contribution in [-0.2, 0) is 9.84 Å². The van der Waals surface area contributed by atoms with E-state index in [2.05, 4.69) is 4.98 Å². The standard InChI is InChI=1S/C17H17NO2S/c1-12(2)16-14-10-6-7-11-15(14)18-17(16)21(19,20)13-8-4-3-5-9-13/h3-12,18H,1-2H3. The minimum absolute atomic E-state index is 0.120. The van der Waals surface area contributed by atoms with Gasteiger partial charge in [0, 0.05) is 10.9 Å². The quantitative estimate of drug-likeness (QED) is 0.790. The van der Waals surface area contributed by atoms with E-state index in [1.54, 1.807) is 24.3 Å². The molecule has 3 nitrogen and oxygen atoms in total. The molecule has 0 saturated heterocycles. The summed E-state index contributed by atoms with van der Waals surface area (Å²) >= 11 is 0. The second kappa shape index (κ2) is 5.04. The molecule has 0 fully saturated rings. The molecule has 0 unspecified atom stereocenters. The Labute approximate surface area is 124 Å². The van der Waals surface area contributed by atoms with Crippen molar-refractivity contribution in [2.45, 2.75) is 29.7 Å². The first-order valence-electron chi connectivity index (χ1n) is 6.92. The second-order valence-corrected chi connectivity index (χ2v) is 7.27. The molecule has 0 saturated carbocycles. The Morgan fingerprint density at radius 3 is 2.19 bits per heavy atom. The van der Waals surface area contributed by atoms with E-state index >= 15 is 0 Å². The Balaban J connectivity index is 2.33. The van der Waals surface area contributed by atoms with Gasteiger partial charge in [0.25, 0.3) is 0 Å². The van der Waals surface area contributed by atoms with Crippen molar-refractivity contribution in [1.29, 1.82) is 0 Å². The summed E-state index contributed by atoms with van der Waals surface area (Å²) in [6, 6.07) is 16.3. The first-order valence-corrected chi connectivity index (χ1v) is 8.41. The van der Waals surface area contributed by atoms with Crippen LogP contribution in [0.2, 0.25) is 0 Å². The summed E-state index contributed by atoms with van der Waals surface area (Å²) in [5, 5.41) is 1.28. The number of nitrogens with one attached hydrogen (secondary N) is 1. The van der Waals surface area contributed by atoms with Crippen LogP contribution < -0.4 is 0 Å². The minimum Gasteiger partial charge on any atom is -0.345 e. The van der Waals surface area contributed by atoms with Gasteiger partial charge in [-0.25, -0.2) is 8.42 Å². The maximum atomic E-state index is 12.9. The molecule has 21 heavy (non-hydrogen) atoms. The normalized spacial score (nSPS) is 12.1. The van der Waals surface area contributed by atoms with E-state index in [1.807, 2.05) is 44.2 Å². The summed E-state index contributed by atoms with van der Waals surface area (Å²) in [6.45, 7) is 4.03. The van der Waals surface area contributed by atoms with Crippen molar-refractivity contribution in [3.05, 3.63) is 60.2 Å². The summed E-state index contributed by atoms with van der Waals surface area (Å²) in [7, 11) is -3.53. The molecule has 0 bridgehead atoms. The summed E-state index contributed by atoms with van der Waals surface area (Å²) in [6.07, 6.45) is 0. The molecule has 2 aromatic carbocycles. The van der Waals surface area contributed by atoms with Gasteiger partial charge >= 0.3 is 0 Å². The maximum absolute atomic E-state index is 12.9. The molecule has 1 heterocycles. The average Bonchev–Trinajstić information content (AvgIpc) is 2.88. The lowest BCUT2D eigenvalue weighted by atomic mass is 10.0. The highest BCUT2D eigenvalue weighted by Gasteiger charge is 2.26. The number of H-pyrrole nitrogens is 1. The number of fused-ring (bicyclic) bond motifs is 1. The van der Waals surface area contributed by atoms with Crippen LogP contribution in [0.5, 0.6) is 0 Å². The molecule has 0 amide bonds. The highest BCUT2D eigenvalue weighted by atomic mass is 32.2. The predicted molar refractivity (Wildman–Crippen MR) is 84.3 cm³/mol. The third-order valence-electron chi connectivity index (χ3n) is 3.61. The van der Waals surface area contributed by atoms with E-state index < -0.39 is 9.84 Å². The van der Waals surface area contributed by atoms with E-state index in [0.717, 1.165) is 16.5 Å². The summed E-state index contributed by atoms with van der Waals surface area (Å²) in [5.74, 6) is 0.120. The second-order valence-electron chi connectivity index (χ2n) is 5.38. The smallest absolute Gasteiger partial charge is 0.222 e. The number of rotatable bonds is 3. The fourth-order valence-electron chi connectivity index (χ4n) is 2.64. The molecule has 4 heteroatoms. The summed E-state index contributed by atoms with van der Waals surface area (Å²) < 4.78 is 25.8. The van der Waals surface area contributed by atoms with Crippen molar-refractivity contribution < 1.29 is 8.42 Å². The van der Waals surface area contributed by atoms with E-state index in [4.69, 9.17) is 0 Å². The van der Waals surface area contributed by atoms with Crippen molar-refractivity contribution in [3.8, 4) is 0 Å². The number of hydrogen-bond acceptors (Lipinski definition) is 2. The molecular weight excluding hydrogens is 282 g/mol. The van der Waals surface area contributed by atoms with Gasteiger partial charge in [-0.05, 0) is 29.7 Å². The lowest BCUT2D eigenvalue weighted by molar-refractivity contribution is 0.591. The van der Waals surface area contributed by atoms with E-state index in [1.165, 1.54) is 0 Å². The molecule has 0 atom stereocenters. The highest BCUT2D eigenvalue weighted by molar-refractivity contribution is 7.91. The van der Waals surface area contributed by atoms with Gasteiger partial charge in [-0.1, -0.05) is 50.2 Å². The number of aromatic nitrogens is 1. The van der Waals surface area contributed by atoms with Gasteiger partial charge in [-0.2, -0.15) is 0 Å². The zero-order chi connectivity index (χ0) is 15.0. The predicted octanol–water partition coefficient (Wildman–Crippen LogP) is 4.12. The Morgan fingerprint density at radius 2 is 1.52 bits per heavy atom. The van der Waals surface area contributed by atoms with Crippen LogP contribution in [0.25, 0.3) is 10.9 Å². The van der Waals surface area contributed by atoms with Gasteiger partial charge in [0.1, 0.15) is 5.03 Å². The number of aromatic amines is 1. The summed E-state index contributed by atoms with van der Waals surface area (Å²) in [4.78, 5) is 3.41. The number of para-hydroxylation sites is 1. The molecule has 0 spiro atoms. The first-order chi connectivity index (χ1) is 10.0. The number of sulfone groups is 1. The van der Waals surface area contributed by atoms with Crippen molar-refractivity contribution in [3.63, 3.8) is 0 Å². The van der Waals surface area contributed by atoms with Crippen molar-refractivity contribution in [2.75, 3.05) is 0 Å². The van der Waals surface area contributed by atoms with Crippen LogP contribution in [0.1, 0.15) is 25.3 Å².